The maximum atomic E-state index is 13.3. The Morgan fingerprint density at radius 2 is 1.86 bits per heavy atom. The first-order chi connectivity index (χ1) is 17.8. The summed E-state index contributed by atoms with van der Waals surface area (Å²) in [5, 5.41) is 11.5. The number of imidazole rings is 1. The van der Waals surface area contributed by atoms with E-state index < -0.39 is 17.7 Å². The van der Waals surface area contributed by atoms with Crippen molar-refractivity contribution in [2.45, 2.75) is 40.2 Å². The number of amides is 1. The highest BCUT2D eigenvalue weighted by molar-refractivity contribution is 6.46. The first-order valence-corrected chi connectivity index (χ1v) is 12.4. The van der Waals surface area contributed by atoms with E-state index in [-0.39, 0.29) is 30.2 Å². The summed E-state index contributed by atoms with van der Waals surface area (Å²) < 4.78 is 18.7. The Kier molecular flexibility index (Phi) is 7.83. The van der Waals surface area contributed by atoms with Crippen LogP contribution < -0.4 is 9.47 Å². The molecule has 1 aliphatic heterocycles. The molecule has 0 radical (unpaired) electrons. The second kappa shape index (κ2) is 11.0. The number of pyridine rings is 1. The number of ether oxygens (including phenoxy) is 3. The number of rotatable bonds is 10. The predicted octanol–water partition coefficient (Wildman–Crippen LogP) is 4.21. The minimum absolute atomic E-state index is 0.0186. The molecule has 1 fully saturated rings. The summed E-state index contributed by atoms with van der Waals surface area (Å²) in [5.41, 5.74) is 3.11. The second-order valence-corrected chi connectivity index (χ2v) is 8.90. The average molecular weight is 508 g/mol. The molecule has 2 aromatic heterocycles. The van der Waals surface area contributed by atoms with Crippen molar-refractivity contribution < 1.29 is 28.9 Å². The van der Waals surface area contributed by atoms with E-state index >= 15 is 0 Å². The van der Waals surface area contributed by atoms with Crippen molar-refractivity contribution in [2.75, 3.05) is 33.5 Å². The standard InChI is InChI=1S/C28H33N3O6/c1-6-14-37-20-11-10-19(16-21(20)36-7-2)24-22(26(33)28(34)31(24)13-15-35-5)25(32)23-18(4)30-12-8-9-17(3)27(30)29-23/h8-12,16,24,32H,6-7,13-15H2,1-5H3. The van der Waals surface area contributed by atoms with Gasteiger partial charge in [-0.25, -0.2) is 4.98 Å². The lowest BCUT2D eigenvalue weighted by molar-refractivity contribution is -0.140. The lowest BCUT2D eigenvalue weighted by Crippen LogP contribution is -2.32. The smallest absolute Gasteiger partial charge is 0.295 e. The second-order valence-electron chi connectivity index (χ2n) is 8.90. The molecule has 196 valence electrons. The molecule has 0 bridgehead atoms. The van der Waals surface area contributed by atoms with Gasteiger partial charge in [0.25, 0.3) is 11.7 Å². The molecule has 9 heteroatoms. The number of Topliss-reactive ketones (excluding diaryl/α,β-unsaturated/α-hetero) is 1. The van der Waals surface area contributed by atoms with E-state index in [1.807, 2.05) is 50.4 Å². The van der Waals surface area contributed by atoms with Gasteiger partial charge in [0.1, 0.15) is 11.3 Å². The molecule has 9 nitrogen and oxygen atoms in total. The van der Waals surface area contributed by atoms with Gasteiger partial charge in [-0.2, -0.15) is 0 Å². The number of fused-ring (bicyclic) bond motifs is 1. The van der Waals surface area contributed by atoms with Crippen LogP contribution >= 0.6 is 0 Å². The highest BCUT2D eigenvalue weighted by atomic mass is 16.5. The molecular weight excluding hydrogens is 474 g/mol. The maximum Gasteiger partial charge on any atom is 0.295 e. The molecule has 4 rings (SSSR count). The van der Waals surface area contributed by atoms with Gasteiger partial charge in [0, 0.05) is 19.9 Å². The van der Waals surface area contributed by atoms with E-state index in [0.717, 1.165) is 12.0 Å². The van der Waals surface area contributed by atoms with Crippen LogP contribution in [0.15, 0.2) is 42.1 Å². The summed E-state index contributed by atoms with van der Waals surface area (Å²) in [7, 11) is 1.53. The van der Waals surface area contributed by atoms with Crippen molar-refractivity contribution in [3.05, 3.63) is 64.6 Å². The number of nitrogens with zero attached hydrogens (tertiary/aromatic N) is 3. The Morgan fingerprint density at radius 1 is 1.08 bits per heavy atom. The zero-order valence-electron chi connectivity index (χ0n) is 21.9. The van der Waals surface area contributed by atoms with Gasteiger partial charge in [-0.05, 0) is 56.5 Å². The van der Waals surface area contributed by atoms with Gasteiger partial charge in [0.2, 0.25) is 0 Å². The summed E-state index contributed by atoms with van der Waals surface area (Å²) in [6, 6.07) is 8.29. The van der Waals surface area contributed by atoms with Crippen LogP contribution in [0.2, 0.25) is 0 Å². The summed E-state index contributed by atoms with van der Waals surface area (Å²) in [4.78, 5) is 32.6. The van der Waals surface area contributed by atoms with Crippen molar-refractivity contribution in [1.82, 2.24) is 14.3 Å². The van der Waals surface area contributed by atoms with E-state index in [1.54, 1.807) is 18.2 Å². The van der Waals surface area contributed by atoms with Crippen molar-refractivity contribution >= 4 is 23.1 Å². The topological polar surface area (TPSA) is 103 Å². The fourth-order valence-corrected chi connectivity index (χ4v) is 4.62. The molecule has 3 heterocycles. The predicted molar refractivity (Wildman–Crippen MR) is 139 cm³/mol. The van der Waals surface area contributed by atoms with Crippen molar-refractivity contribution in [2.24, 2.45) is 0 Å². The number of aryl methyl sites for hydroxylation is 2. The summed E-state index contributed by atoms with van der Waals surface area (Å²) in [5.74, 6) is -0.701. The number of carbonyl (C=O) groups excluding carboxylic acids is 2. The Bertz CT molecular complexity index is 1360. The van der Waals surface area contributed by atoms with Gasteiger partial charge >= 0.3 is 0 Å². The Balaban J connectivity index is 1.90. The van der Waals surface area contributed by atoms with E-state index in [2.05, 4.69) is 4.98 Å². The number of carbonyl (C=O) groups is 2. The highest BCUT2D eigenvalue weighted by Gasteiger charge is 2.46. The summed E-state index contributed by atoms with van der Waals surface area (Å²) >= 11 is 0. The van der Waals surface area contributed by atoms with Gasteiger partial charge in [-0.1, -0.05) is 19.1 Å². The zero-order chi connectivity index (χ0) is 26.7. The minimum Gasteiger partial charge on any atom is -0.505 e. The van der Waals surface area contributed by atoms with Crippen LogP contribution in [0, 0.1) is 13.8 Å². The molecule has 1 saturated heterocycles. The number of aliphatic hydroxyl groups excluding tert-OH is 1. The number of hydrogen-bond acceptors (Lipinski definition) is 7. The van der Waals surface area contributed by atoms with Crippen LogP contribution in [-0.4, -0.2) is 64.6 Å². The van der Waals surface area contributed by atoms with Crippen LogP contribution in [0.25, 0.3) is 11.4 Å². The molecule has 37 heavy (non-hydrogen) atoms. The molecule has 1 N–H and O–H groups in total. The lowest BCUT2D eigenvalue weighted by Gasteiger charge is -2.25. The fraction of sp³-hybridized carbons (Fsp3) is 0.393. The monoisotopic (exact) mass is 507 g/mol. The van der Waals surface area contributed by atoms with Gasteiger partial charge < -0.3 is 28.6 Å². The number of likely N-dealkylation sites (tertiary alicyclic amines) is 1. The molecule has 0 saturated carbocycles. The fourth-order valence-electron chi connectivity index (χ4n) is 4.62. The molecule has 0 aliphatic carbocycles. The van der Waals surface area contributed by atoms with E-state index in [0.29, 0.717) is 41.6 Å². The molecule has 1 aromatic carbocycles. The third kappa shape index (κ3) is 4.79. The van der Waals surface area contributed by atoms with Crippen molar-refractivity contribution in [3.8, 4) is 11.5 Å². The molecular formula is C28H33N3O6. The Hall–Kier alpha value is -3.85. The Labute approximate surface area is 216 Å². The molecule has 1 aliphatic rings. The summed E-state index contributed by atoms with van der Waals surface area (Å²) in [6.07, 6.45) is 2.68. The van der Waals surface area contributed by atoms with E-state index in [4.69, 9.17) is 14.2 Å². The lowest BCUT2D eigenvalue weighted by atomic mass is 9.96. The minimum atomic E-state index is -0.847. The van der Waals surface area contributed by atoms with Gasteiger partial charge in [-0.3, -0.25) is 9.59 Å². The number of aliphatic hydroxyl groups is 1. The number of hydrogen-bond donors (Lipinski definition) is 1. The molecule has 1 atom stereocenters. The molecule has 3 aromatic rings. The quantitative estimate of drug-likeness (QED) is 0.249. The third-order valence-corrected chi connectivity index (χ3v) is 6.43. The number of ketones is 1. The SMILES string of the molecule is CCCOc1ccc(C2C(=C(O)c3nc4c(C)cccn4c3C)C(=O)C(=O)N2CCOC)cc1OCC. The molecule has 0 spiro atoms. The maximum absolute atomic E-state index is 13.3. The van der Waals surface area contributed by atoms with E-state index in [1.165, 1.54) is 12.0 Å². The van der Waals surface area contributed by atoms with Crippen LogP contribution in [0.4, 0.5) is 0 Å². The largest absolute Gasteiger partial charge is 0.505 e. The number of methoxy groups -OCH3 is 1. The van der Waals surface area contributed by atoms with Crippen molar-refractivity contribution in [3.63, 3.8) is 0 Å². The van der Waals surface area contributed by atoms with Crippen LogP contribution in [0.5, 0.6) is 11.5 Å². The van der Waals surface area contributed by atoms with Gasteiger partial charge in [0.05, 0.1) is 37.1 Å². The van der Waals surface area contributed by atoms with Crippen molar-refractivity contribution in [1.29, 1.82) is 0 Å². The van der Waals surface area contributed by atoms with Gasteiger partial charge in [-0.15, -0.1) is 0 Å². The molecule has 1 unspecified atom stereocenters. The van der Waals surface area contributed by atoms with Crippen LogP contribution in [0.1, 0.15) is 48.8 Å². The first kappa shape index (κ1) is 26.2. The zero-order valence-corrected chi connectivity index (χ0v) is 21.9. The highest BCUT2D eigenvalue weighted by Crippen LogP contribution is 2.42. The number of aromatic nitrogens is 2. The normalized spacial score (nSPS) is 17.1. The van der Waals surface area contributed by atoms with Crippen LogP contribution in [0.3, 0.4) is 0 Å². The first-order valence-electron chi connectivity index (χ1n) is 12.4. The summed E-state index contributed by atoms with van der Waals surface area (Å²) in [6.45, 7) is 8.96. The van der Waals surface area contributed by atoms with Gasteiger partial charge in [0.15, 0.2) is 17.3 Å². The molecule has 1 amide bonds. The average Bonchev–Trinajstić information content (AvgIpc) is 3.36. The third-order valence-electron chi connectivity index (χ3n) is 6.43. The Morgan fingerprint density at radius 3 is 2.54 bits per heavy atom. The number of benzene rings is 1. The van der Waals surface area contributed by atoms with E-state index in [9.17, 15) is 14.7 Å². The van der Waals surface area contributed by atoms with Crippen LogP contribution in [-0.2, 0) is 14.3 Å².